The van der Waals surface area contributed by atoms with Crippen molar-refractivity contribution in [3.63, 3.8) is 0 Å². The van der Waals surface area contributed by atoms with Crippen molar-refractivity contribution in [1.29, 1.82) is 0 Å². The molecule has 11 heteroatoms. The Kier molecular flexibility index (Phi) is 6.51. The average Bonchev–Trinajstić information content (AvgIpc) is 2.54. The smallest absolute Gasteiger partial charge is 0.245 e. The molecule has 1 aromatic carbocycles. The van der Waals surface area contributed by atoms with Crippen molar-refractivity contribution >= 4 is 50.7 Å². The number of nitrogens with zero attached hydrogens (tertiary/aromatic N) is 2. The van der Waals surface area contributed by atoms with Gasteiger partial charge in [-0.15, -0.1) is 23.2 Å². The molecule has 1 aliphatic heterocycles. The van der Waals surface area contributed by atoms with Gasteiger partial charge in [0.2, 0.25) is 21.8 Å². The number of hydrogen-bond acceptors (Lipinski definition) is 5. The first kappa shape index (κ1) is 20.9. The number of anilines is 1. The summed E-state index contributed by atoms with van der Waals surface area (Å²) in [5.41, 5.74) is 2.84. The normalized spacial score (nSPS) is 21.2. The van der Waals surface area contributed by atoms with Crippen LogP contribution in [0.4, 0.5) is 5.69 Å². The maximum absolute atomic E-state index is 12.3. The zero-order valence-electron chi connectivity index (χ0n) is 14.5. The van der Waals surface area contributed by atoms with E-state index in [0.717, 1.165) is 9.31 Å². The van der Waals surface area contributed by atoms with E-state index in [1.165, 1.54) is 20.2 Å². The van der Waals surface area contributed by atoms with Gasteiger partial charge in [0.05, 0.1) is 10.3 Å². The first-order valence-corrected chi connectivity index (χ1v) is 10.0. The van der Waals surface area contributed by atoms with Crippen molar-refractivity contribution in [3.05, 3.63) is 23.8 Å². The number of carbonyl (C=O) groups excluding carboxylic acids is 2. The maximum Gasteiger partial charge on any atom is 0.245 e. The van der Waals surface area contributed by atoms with Crippen LogP contribution in [0, 0.1) is 6.92 Å². The van der Waals surface area contributed by atoms with Gasteiger partial charge >= 0.3 is 0 Å². The van der Waals surface area contributed by atoms with E-state index in [9.17, 15) is 18.0 Å². The lowest BCUT2D eigenvalue weighted by Gasteiger charge is -2.33. The van der Waals surface area contributed by atoms with Crippen molar-refractivity contribution in [1.82, 2.24) is 14.7 Å². The van der Waals surface area contributed by atoms with Crippen LogP contribution in [0.2, 0.25) is 0 Å². The van der Waals surface area contributed by atoms with Gasteiger partial charge in [-0.05, 0) is 24.6 Å². The van der Waals surface area contributed by atoms with Crippen LogP contribution in [-0.4, -0.2) is 61.1 Å². The highest BCUT2D eigenvalue weighted by Crippen LogP contribution is 2.23. The highest BCUT2D eigenvalue weighted by molar-refractivity contribution is 7.89. The maximum atomic E-state index is 12.3. The summed E-state index contributed by atoms with van der Waals surface area (Å²) in [6, 6.07) is 4.57. The third-order valence-electron chi connectivity index (χ3n) is 3.80. The van der Waals surface area contributed by atoms with Crippen molar-refractivity contribution < 1.29 is 18.0 Å². The Bertz CT molecular complexity index is 816. The van der Waals surface area contributed by atoms with Crippen molar-refractivity contribution in [3.8, 4) is 0 Å². The molecule has 1 saturated heterocycles. The van der Waals surface area contributed by atoms with Crippen LogP contribution in [0.1, 0.15) is 12.0 Å². The summed E-state index contributed by atoms with van der Waals surface area (Å²) in [4.78, 5) is 24.2. The minimum Gasteiger partial charge on any atom is -0.324 e. The quantitative estimate of drug-likeness (QED) is 0.546. The number of benzene rings is 1. The molecule has 1 fully saturated rings. The van der Waals surface area contributed by atoms with Crippen LogP contribution >= 0.6 is 23.2 Å². The monoisotopic (exact) mass is 422 g/mol. The van der Waals surface area contributed by atoms with Gasteiger partial charge < -0.3 is 5.32 Å². The summed E-state index contributed by atoms with van der Waals surface area (Å²) < 4.78 is 25.8. The van der Waals surface area contributed by atoms with Gasteiger partial charge in [0.1, 0.15) is 12.0 Å². The van der Waals surface area contributed by atoms with E-state index in [-0.39, 0.29) is 23.8 Å². The fourth-order valence-corrected chi connectivity index (χ4v) is 3.85. The average molecular weight is 423 g/mol. The van der Waals surface area contributed by atoms with Crippen LogP contribution in [0.15, 0.2) is 23.1 Å². The number of carbonyl (C=O) groups is 2. The molecule has 2 unspecified atom stereocenters. The molecule has 2 atom stereocenters. The summed E-state index contributed by atoms with van der Waals surface area (Å²) in [7, 11) is -0.780. The zero-order chi connectivity index (χ0) is 19.6. The molecule has 0 aromatic heterocycles. The Balaban J connectivity index is 2.11. The number of alkyl halides is 2. The summed E-state index contributed by atoms with van der Waals surface area (Å²) >= 11 is 11.8. The van der Waals surface area contributed by atoms with Crippen LogP contribution in [0.5, 0.6) is 0 Å². The molecule has 2 N–H and O–H groups in total. The van der Waals surface area contributed by atoms with E-state index in [2.05, 4.69) is 10.7 Å². The number of hydrogen-bond donors (Lipinski definition) is 2. The highest BCUT2D eigenvalue weighted by Gasteiger charge is 2.32. The Morgan fingerprint density at radius 2 is 2.04 bits per heavy atom. The molecule has 1 aliphatic rings. The molecule has 26 heavy (non-hydrogen) atoms. The summed E-state index contributed by atoms with van der Waals surface area (Å²) in [6.07, 6.45) is 0.0196. The van der Waals surface area contributed by atoms with E-state index in [0.29, 0.717) is 11.3 Å². The minimum absolute atomic E-state index is 0.0196. The molecule has 2 amide bonds. The van der Waals surface area contributed by atoms with Crippen LogP contribution in [0.3, 0.4) is 0 Å². The topological polar surface area (TPSA) is 98.8 Å². The lowest BCUT2D eigenvalue weighted by molar-refractivity contribution is -0.140. The first-order chi connectivity index (χ1) is 12.0. The molecule has 0 saturated carbocycles. The Morgan fingerprint density at radius 1 is 1.38 bits per heavy atom. The summed E-state index contributed by atoms with van der Waals surface area (Å²) in [5, 5.41) is 3.12. The van der Waals surface area contributed by atoms with E-state index < -0.39 is 26.8 Å². The molecular weight excluding hydrogens is 403 g/mol. The standard InChI is InChI=1S/C15H20Cl2N4O4S/c1-9-4-5-10(6-12(9)26(24,25)20(2)3)18-13(22)8-21-14(23)7-11(16)15(17)19-21/h4-6,11,15,19H,7-8H2,1-3H3,(H,18,22). The Morgan fingerprint density at radius 3 is 2.65 bits per heavy atom. The predicted octanol–water partition coefficient (Wildman–Crippen LogP) is 1.09. The fourth-order valence-electron chi connectivity index (χ4n) is 2.31. The predicted molar refractivity (Wildman–Crippen MR) is 99.4 cm³/mol. The van der Waals surface area contributed by atoms with E-state index in [1.807, 2.05) is 0 Å². The van der Waals surface area contributed by atoms with Gasteiger partial charge in [0.25, 0.3) is 0 Å². The molecule has 1 aromatic rings. The van der Waals surface area contributed by atoms with Gasteiger partial charge in [-0.25, -0.2) is 18.1 Å². The number of sulfonamides is 1. The summed E-state index contributed by atoms with van der Waals surface area (Å²) in [5.74, 6) is -0.850. The Labute approximate surface area is 162 Å². The minimum atomic E-state index is -3.64. The van der Waals surface area contributed by atoms with Gasteiger partial charge in [0.15, 0.2) is 0 Å². The lowest BCUT2D eigenvalue weighted by Crippen LogP contribution is -2.57. The number of rotatable bonds is 5. The zero-order valence-corrected chi connectivity index (χ0v) is 16.8. The first-order valence-electron chi connectivity index (χ1n) is 7.70. The molecule has 144 valence electrons. The number of nitrogens with one attached hydrogen (secondary N) is 2. The highest BCUT2D eigenvalue weighted by atomic mass is 35.5. The Hall–Kier alpha value is -1.39. The van der Waals surface area contributed by atoms with Gasteiger partial charge in [-0.1, -0.05) is 6.07 Å². The molecule has 0 radical (unpaired) electrons. The van der Waals surface area contributed by atoms with Gasteiger partial charge in [-0.3, -0.25) is 14.6 Å². The third-order valence-corrected chi connectivity index (χ3v) is 6.69. The van der Waals surface area contributed by atoms with Crippen LogP contribution in [-0.2, 0) is 19.6 Å². The van der Waals surface area contributed by atoms with E-state index in [4.69, 9.17) is 23.2 Å². The molecule has 8 nitrogen and oxygen atoms in total. The van der Waals surface area contributed by atoms with E-state index in [1.54, 1.807) is 19.1 Å². The second kappa shape index (κ2) is 8.10. The lowest BCUT2D eigenvalue weighted by atomic mass is 10.2. The largest absolute Gasteiger partial charge is 0.324 e. The SMILES string of the molecule is Cc1ccc(NC(=O)CN2NC(Cl)C(Cl)CC2=O)cc1S(=O)(=O)N(C)C. The molecular formula is C15H20Cl2N4O4S. The second-order valence-electron chi connectivity index (χ2n) is 6.05. The van der Waals surface area contributed by atoms with Crippen LogP contribution in [0.25, 0.3) is 0 Å². The second-order valence-corrected chi connectivity index (χ2v) is 9.20. The summed E-state index contributed by atoms with van der Waals surface area (Å²) in [6.45, 7) is 1.39. The molecule has 1 heterocycles. The molecule has 0 bridgehead atoms. The van der Waals surface area contributed by atoms with Crippen molar-refractivity contribution in [2.45, 2.75) is 29.1 Å². The fraction of sp³-hybridized carbons (Fsp3) is 0.467. The van der Waals surface area contributed by atoms with E-state index >= 15 is 0 Å². The number of amides is 2. The number of halogens is 2. The molecule has 0 spiro atoms. The van der Waals surface area contributed by atoms with Gasteiger partial charge in [0, 0.05) is 26.2 Å². The van der Waals surface area contributed by atoms with Crippen molar-refractivity contribution in [2.24, 2.45) is 0 Å². The number of hydrazine groups is 1. The van der Waals surface area contributed by atoms with Crippen molar-refractivity contribution in [2.75, 3.05) is 26.0 Å². The molecule has 2 rings (SSSR count). The van der Waals surface area contributed by atoms with Gasteiger partial charge in [-0.2, -0.15) is 0 Å². The number of aryl methyl sites for hydroxylation is 1. The third kappa shape index (κ3) is 4.66. The van der Waals surface area contributed by atoms with Crippen LogP contribution < -0.4 is 10.7 Å². The molecule has 0 aliphatic carbocycles.